The zero-order valence-corrected chi connectivity index (χ0v) is 9.46. The van der Waals surface area contributed by atoms with Crippen LogP contribution in [0.4, 0.5) is 9.52 Å². The highest BCUT2D eigenvalue weighted by molar-refractivity contribution is 7.13. The lowest BCUT2D eigenvalue weighted by atomic mass is 10.2. The summed E-state index contributed by atoms with van der Waals surface area (Å²) in [7, 11) is 0. The topological polar surface area (TPSA) is 37.3 Å². The smallest absolute Gasteiger partial charge is 0.203 e. The van der Waals surface area contributed by atoms with Crippen LogP contribution in [-0.2, 0) is 0 Å². The lowest BCUT2D eigenvalue weighted by molar-refractivity contribution is 0.628. The SMILES string of the molecule is Cc1csc(N/N=C\c2ccc(F)cc2)n1. The average Bonchev–Trinajstić information content (AvgIpc) is 2.67. The lowest BCUT2D eigenvalue weighted by Gasteiger charge is -1.94. The van der Waals surface area contributed by atoms with E-state index < -0.39 is 0 Å². The second-order valence-corrected chi connectivity index (χ2v) is 4.07. The van der Waals surface area contributed by atoms with E-state index in [0.717, 1.165) is 16.4 Å². The highest BCUT2D eigenvalue weighted by atomic mass is 32.1. The van der Waals surface area contributed by atoms with Gasteiger partial charge in [-0.05, 0) is 24.6 Å². The zero-order chi connectivity index (χ0) is 11.4. The Hall–Kier alpha value is -1.75. The van der Waals surface area contributed by atoms with Crippen LogP contribution in [0.5, 0.6) is 0 Å². The number of thiazole rings is 1. The van der Waals surface area contributed by atoms with Gasteiger partial charge in [0.15, 0.2) is 0 Å². The molecule has 1 aromatic carbocycles. The molecule has 0 bridgehead atoms. The van der Waals surface area contributed by atoms with E-state index in [2.05, 4.69) is 15.5 Å². The van der Waals surface area contributed by atoms with Crippen molar-refractivity contribution in [2.45, 2.75) is 6.92 Å². The summed E-state index contributed by atoms with van der Waals surface area (Å²) in [5, 5.41) is 6.69. The number of halogens is 1. The third-order valence-corrected chi connectivity index (χ3v) is 2.73. The van der Waals surface area contributed by atoms with Gasteiger partial charge in [-0.2, -0.15) is 5.10 Å². The fourth-order valence-electron chi connectivity index (χ4n) is 1.12. The van der Waals surface area contributed by atoms with E-state index in [1.165, 1.54) is 23.5 Å². The number of nitrogens with one attached hydrogen (secondary N) is 1. The van der Waals surface area contributed by atoms with Gasteiger partial charge in [0.1, 0.15) is 5.82 Å². The first kappa shape index (κ1) is 10.8. The summed E-state index contributed by atoms with van der Waals surface area (Å²) in [5.74, 6) is -0.249. The summed E-state index contributed by atoms with van der Waals surface area (Å²) in [4.78, 5) is 4.19. The molecule has 3 nitrogen and oxygen atoms in total. The summed E-state index contributed by atoms with van der Waals surface area (Å²) < 4.78 is 12.6. The van der Waals surface area contributed by atoms with Crippen LogP contribution in [0, 0.1) is 12.7 Å². The van der Waals surface area contributed by atoms with Crippen molar-refractivity contribution in [3.05, 3.63) is 46.7 Å². The predicted molar refractivity (Wildman–Crippen MR) is 64.5 cm³/mol. The monoisotopic (exact) mass is 235 g/mol. The van der Waals surface area contributed by atoms with E-state index in [1.807, 2.05) is 12.3 Å². The average molecular weight is 235 g/mol. The molecule has 0 spiro atoms. The molecule has 0 saturated carbocycles. The quantitative estimate of drug-likeness (QED) is 0.656. The normalized spacial score (nSPS) is 10.9. The van der Waals surface area contributed by atoms with E-state index in [4.69, 9.17) is 0 Å². The van der Waals surface area contributed by atoms with Gasteiger partial charge in [0, 0.05) is 5.38 Å². The minimum Gasteiger partial charge on any atom is -0.253 e. The standard InChI is InChI=1S/C11H10FN3S/c1-8-7-16-11(14-8)15-13-6-9-2-4-10(12)5-3-9/h2-7H,1H3,(H,14,15)/b13-6-. The van der Waals surface area contributed by atoms with Gasteiger partial charge >= 0.3 is 0 Å². The maximum Gasteiger partial charge on any atom is 0.203 e. The Bertz CT molecular complexity index is 490. The fraction of sp³-hybridized carbons (Fsp3) is 0.0909. The van der Waals surface area contributed by atoms with E-state index in [1.54, 1.807) is 18.3 Å². The molecule has 82 valence electrons. The van der Waals surface area contributed by atoms with Crippen LogP contribution in [0.15, 0.2) is 34.7 Å². The second-order valence-electron chi connectivity index (χ2n) is 3.22. The van der Waals surface area contributed by atoms with Crippen molar-refractivity contribution >= 4 is 22.7 Å². The Morgan fingerprint density at radius 2 is 2.12 bits per heavy atom. The molecule has 2 rings (SSSR count). The molecular formula is C11H10FN3S. The van der Waals surface area contributed by atoms with Gasteiger partial charge in [0.05, 0.1) is 11.9 Å². The fourth-order valence-corrected chi connectivity index (χ4v) is 1.75. The molecular weight excluding hydrogens is 225 g/mol. The van der Waals surface area contributed by atoms with Gasteiger partial charge in [0.25, 0.3) is 0 Å². The van der Waals surface area contributed by atoms with Crippen molar-refractivity contribution in [2.24, 2.45) is 5.10 Å². The molecule has 0 aliphatic rings. The third-order valence-electron chi connectivity index (χ3n) is 1.86. The molecule has 0 atom stereocenters. The molecule has 1 aromatic heterocycles. The Morgan fingerprint density at radius 1 is 1.38 bits per heavy atom. The van der Waals surface area contributed by atoms with Crippen molar-refractivity contribution in [1.29, 1.82) is 0 Å². The van der Waals surface area contributed by atoms with Crippen LogP contribution in [0.3, 0.4) is 0 Å². The van der Waals surface area contributed by atoms with E-state index in [0.29, 0.717) is 0 Å². The summed E-state index contributed by atoms with van der Waals surface area (Å²) in [6.45, 7) is 1.92. The van der Waals surface area contributed by atoms with Gasteiger partial charge in [-0.25, -0.2) is 9.37 Å². The Morgan fingerprint density at radius 3 is 2.75 bits per heavy atom. The molecule has 2 aromatic rings. The predicted octanol–water partition coefficient (Wildman–Crippen LogP) is 3.04. The van der Waals surface area contributed by atoms with E-state index >= 15 is 0 Å². The number of hydrogen-bond donors (Lipinski definition) is 1. The molecule has 16 heavy (non-hydrogen) atoms. The molecule has 0 aliphatic heterocycles. The minimum atomic E-state index is -0.249. The number of anilines is 1. The number of hydrogen-bond acceptors (Lipinski definition) is 4. The van der Waals surface area contributed by atoms with Crippen LogP contribution in [0.1, 0.15) is 11.3 Å². The zero-order valence-electron chi connectivity index (χ0n) is 8.64. The second kappa shape index (κ2) is 4.85. The third kappa shape index (κ3) is 2.87. The Balaban J connectivity index is 1.97. The minimum absolute atomic E-state index is 0.249. The van der Waals surface area contributed by atoms with Crippen molar-refractivity contribution < 1.29 is 4.39 Å². The summed E-state index contributed by atoms with van der Waals surface area (Å²) in [6, 6.07) is 6.12. The Labute approximate surface area is 96.7 Å². The number of nitrogens with zero attached hydrogens (tertiary/aromatic N) is 2. The maximum atomic E-state index is 12.6. The molecule has 0 saturated heterocycles. The van der Waals surface area contributed by atoms with Gasteiger partial charge in [-0.1, -0.05) is 12.1 Å². The number of aromatic nitrogens is 1. The summed E-state index contributed by atoms with van der Waals surface area (Å²) in [5.41, 5.74) is 4.61. The number of rotatable bonds is 3. The van der Waals surface area contributed by atoms with E-state index in [-0.39, 0.29) is 5.82 Å². The van der Waals surface area contributed by atoms with Crippen LogP contribution in [0.25, 0.3) is 0 Å². The van der Waals surface area contributed by atoms with Crippen molar-refractivity contribution in [3.63, 3.8) is 0 Å². The highest BCUT2D eigenvalue weighted by Crippen LogP contribution is 2.13. The molecule has 0 aliphatic carbocycles. The Kier molecular flexibility index (Phi) is 3.26. The number of hydrazone groups is 1. The molecule has 1 heterocycles. The largest absolute Gasteiger partial charge is 0.253 e. The van der Waals surface area contributed by atoms with Gasteiger partial charge in [0.2, 0.25) is 5.13 Å². The first-order valence-corrected chi connectivity index (χ1v) is 5.59. The summed E-state index contributed by atoms with van der Waals surface area (Å²) >= 11 is 1.49. The molecule has 0 unspecified atom stereocenters. The van der Waals surface area contributed by atoms with Crippen LogP contribution in [-0.4, -0.2) is 11.2 Å². The molecule has 0 fully saturated rings. The van der Waals surface area contributed by atoms with Crippen molar-refractivity contribution in [2.75, 3.05) is 5.43 Å². The van der Waals surface area contributed by atoms with Crippen LogP contribution < -0.4 is 5.43 Å². The van der Waals surface area contributed by atoms with Crippen molar-refractivity contribution in [1.82, 2.24) is 4.98 Å². The summed E-state index contributed by atoms with van der Waals surface area (Å²) in [6.07, 6.45) is 1.62. The van der Waals surface area contributed by atoms with Gasteiger partial charge in [-0.15, -0.1) is 11.3 Å². The molecule has 1 N–H and O–H groups in total. The van der Waals surface area contributed by atoms with Gasteiger partial charge < -0.3 is 0 Å². The highest BCUT2D eigenvalue weighted by Gasteiger charge is 1.94. The van der Waals surface area contributed by atoms with Crippen LogP contribution in [0.2, 0.25) is 0 Å². The number of benzene rings is 1. The maximum absolute atomic E-state index is 12.6. The first-order valence-electron chi connectivity index (χ1n) is 4.71. The van der Waals surface area contributed by atoms with Gasteiger partial charge in [-0.3, -0.25) is 5.43 Å². The molecule has 0 amide bonds. The molecule has 0 radical (unpaired) electrons. The van der Waals surface area contributed by atoms with E-state index in [9.17, 15) is 4.39 Å². The van der Waals surface area contributed by atoms with Crippen LogP contribution >= 0.6 is 11.3 Å². The molecule has 5 heteroatoms. The lowest BCUT2D eigenvalue weighted by Crippen LogP contribution is -1.90. The first-order chi connectivity index (χ1) is 7.74. The van der Waals surface area contributed by atoms with Crippen molar-refractivity contribution in [3.8, 4) is 0 Å². The number of aryl methyl sites for hydroxylation is 1.